The van der Waals surface area contributed by atoms with Crippen LogP contribution in [0.4, 0.5) is 0 Å². The molecular weight excluding hydrogens is 311 g/mol. The summed E-state index contributed by atoms with van der Waals surface area (Å²) in [6, 6.07) is 12.6. The van der Waals surface area contributed by atoms with Gasteiger partial charge in [0.05, 0.1) is 17.7 Å². The SMILES string of the molecule is C[C@H]1COC(c2ccc(Oc3ccc(Cl)cc3)cc2Cl)O1. The zero-order chi connectivity index (χ0) is 14.8. The molecule has 5 heteroatoms. The molecule has 0 amide bonds. The van der Waals surface area contributed by atoms with Gasteiger partial charge >= 0.3 is 0 Å². The number of hydrogen-bond acceptors (Lipinski definition) is 3. The maximum Gasteiger partial charge on any atom is 0.185 e. The largest absolute Gasteiger partial charge is 0.457 e. The Bertz CT molecular complexity index is 628. The molecule has 1 unspecified atom stereocenters. The molecule has 1 saturated heterocycles. The minimum Gasteiger partial charge on any atom is -0.457 e. The lowest BCUT2D eigenvalue weighted by atomic mass is 10.2. The lowest BCUT2D eigenvalue weighted by Gasteiger charge is -2.13. The number of ether oxygens (including phenoxy) is 3. The van der Waals surface area contributed by atoms with Crippen LogP contribution in [0, 0.1) is 0 Å². The molecule has 1 aliphatic rings. The first kappa shape index (κ1) is 14.7. The first-order valence-corrected chi connectivity index (χ1v) is 7.37. The summed E-state index contributed by atoms with van der Waals surface area (Å²) < 4.78 is 16.9. The molecular formula is C16H14Cl2O3. The molecule has 0 radical (unpaired) electrons. The van der Waals surface area contributed by atoms with Gasteiger partial charge in [0, 0.05) is 10.6 Å². The third-order valence-electron chi connectivity index (χ3n) is 3.11. The van der Waals surface area contributed by atoms with Gasteiger partial charge in [-0.05, 0) is 49.4 Å². The van der Waals surface area contributed by atoms with Crippen molar-refractivity contribution in [2.24, 2.45) is 0 Å². The van der Waals surface area contributed by atoms with E-state index in [1.807, 2.05) is 19.1 Å². The van der Waals surface area contributed by atoms with E-state index in [0.29, 0.717) is 28.2 Å². The monoisotopic (exact) mass is 324 g/mol. The molecule has 21 heavy (non-hydrogen) atoms. The van der Waals surface area contributed by atoms with E-state index in [-0.39, 0.29) is 6.10 Å². The lowest BCUT2D eigenvalue weighted by molar-refractivity contribution is -0.0571. The number of rotatable bonds is 3. The third-order valence-corrected chi connectivity index (χ3v) is 3.69. The number of hydrogen-bond donors (Lipinski definition) is 0. The van der Waals surface area contributed by atoms with Crippen LogP contribution in [-0.4, -0.2) is 12.7 Å². The molecule has 0 aliphatic carbocycles. The van der Waals surface area contributed by atoms with E-state index in [1.165, 1.54) is 0 Å². The van der Waals surface area contributed by atoms with Crippen molar-refractivity contribution >= 4 is 23.2 Å². The normalized spacial score (nSPS) is 21.5. The van der Waals surface area contributed by atoms with Crippen molar-refractivity contribution in [3.63, 3.8) is 0 Å². The van der Waals surface area contributed by atoms with E-state index in [1.54, 1.807) is 30.3 Å². The molecule has 0 N–H and O–H groups in total. The summed E-state index contributed by atoms with van der Waals surface area (Å²) in [7, 11) is 0. The second kappa shape index (κ2) is 6.24. The van der Waals surface area contributed by atoms with Crippen molar-refractivity contribution in [3.8, 4) is 11.5 Å². The molecule has 1 aliphatic heterocycles. The molecule has 2 aromatic carbocycles. The highest BCUT2D eigenvalue weighted by Crippen LogP contribution is 2.35. The topological polar surface area (TPSA) is 27.7 Å². The van der Waals surface area contributed by atoms with Gasteiger partial charge in [-0.2, -0.15) is 0 Å². The van der Waals surface area contributed by atoms with Crippen LogP contribution in [0.15, 0.2) is 42.5 Å². The molecule has 2 atom stereocenters. The fourth-order valence-electron chi connectivity index (χ4n) is 2.08. The summed E-state index contributed by atoms with van der Waals surface area (Å²) in [5, 5.41) is 1.22. The second-order valence-electron chi connectivity index (χ2n) is 4.85. The standard InChI is InChI=1S/C16H14Cl2O3/c1-10-9-19-16(20-10)14-7-6-13(8-15(14)18)21-12-4-2-11(17)3-5-12/h2-8,10,16H,9H2,1H3/t10-,16?/m0/s1. The summed E-state index contributed by atoms with van der Waals surface area (Å²) >= 11 is 12.1. The Kier molecular flexibility index (Phi) is 4.36. The van der Waals surface area contributed by atoms with Crippen molar-refractivity contribution < 1.29 is 14.2 Å². The Morgan fingerprint density at radius 1 is 1.05 bits per heavy atom. The number of halogens is 2. The Morgan fingerprint density at radius 3 is 2.38 bits per heavy atom. The molecule has 3 rings (SSSR count). The van der Waals surface area contributed by atoms with E-state index in [2.05, 4.69) is 0 Å². The number of benzene rings is 2. The maximum absolute atomic E-state index is 6.29. The molecule has 0 bridgehead atoms. The lowest BCUT2D eigenvalue weighted by Crippen LogP contribution is -2.03. The van der Waals surface area contributed by atoms with Crippen LogP contribution < -0.4 is 4.74 Å². The van der Waals surface area contributed by atoms with Crippen LogP contribution in [0.25, 0.3) is 0 Å². The highest BCUT2D eigenvalue weighted by atomic mass is 35.5. The highest BCUT2D eigenvalue weighted by Gasteiger charge is 2.26. The van der Waals surface area contributed by atoms with Gasteiger partial charge in [-0.15, -0.1) is 0 Å². The average Bonchev–Trinajstić information content (AvgIpc) is 2.88. The molecule has 0 spiro atoms. The fourth-order valence-corrected chi connectivity index (χ4v) is 2.46. The molecule has 1 heterocycles. The Labute approximate surface area is 133 Å². The Balaban J connectivity index is 1.76. The van der Waals surface area contributed by atoms with Crippen molar-refractivity contribution in [1.29, 1.82) is 0 Å². The van der Waals surface area contributed by atoms with E-state index in [0.717, 1.165) is 5.56 Å². The Morgan fingerprint density at radius 2 is 1.76 bits per heavy atom. The summed E-state index contributed by atoms with van der Waals surface area (Å²) in [5.41, 5.74) is 0.810. The van der Waals surface area contributed by atoms with Crippen LogP contribution in [0.3, 0.4) is 0 Å². The molecule has 0 aromatic heterocycles. The quantitative estimate of drug-likeness (QED) is 0.774. The van der Waals surface area contributed by atoms with Crippen molar-refractivity contribution in [2.45, 2.75) is 19.3 Å². The maximum atomic E-state index is 6.29. The van der Waals surface area contributed by atoms with Gasteiger partial charge in [0.25, 0.3) is 0 Å². The van der Waals surface area contributed by atoms with Gasteiger partial charge < -0.3 is 14.2 Å². The molecule has 3 nitrogen and oxygen atoms in total. The predicted molar refractivity (Wildman–Crippen MR) is 82.2 cm³/mol. The molecule has 2 aromatic rings. The summed E-state index contributed by atoms with van der Waals surface area (Å²) in [5.74, 6) is 1.35. The smallest absolute Gasteiger partial charge is 0.185 e. The van der Waals surface area contributed by atoms with Crippen LogP contribution in [0.5, 0.6) is 11.5 Å². The zero-order valence-corrected chi connectivity index (χ0v) is 12.9. The van der Waals surface area contributed by atoms with Gasteiger partial charge in [-0.25, -0.2) is 0 Å². The van der Waals surface area contributed by atoms with Crippen molar-refractivity contribution in [3.05, 3.63) is 58.1 Å². The Hall–Kier alpha value is -1.26. The van der Waals surface area contributed by atoms with E-state index >= 15 is 0 Å². The first-order chi connectivity index (χ1) is 10.1. The minimum absolute atomic E-state index is 0.0797. The van der Waals surface area contributed by atoms with Crippen LogP contribution in [-0.2, 0) is 9.47 Å². The van der Waals surface area contributed by atoms with Crippen LogP contribution in [0.2, 0.25) is 10.0 Å². The van der Waals surface area contributed by atoms with Gasteiger partial charge in [-0.3, -0.25) is 0 Å². The van der Waals surface area contributed by atoms with E-state index < -0.39 is 6.29 Å². The average molecular weight is 325 g/mol. The third kappa shape index (κ3) is 3.50. The summed E-state index contributed by atoms with van der Waals surface area (Å²) in [6.45, 7) is 2.54. The van der Waals surface area contributed by atoms with Crippen LogP contribution >= 0.6 is 23.2 Å². The van der Waals surface area contributed by atoms with Crippen molar-refractivity contribution in [2.75, 3.05) is 6.61 Å². The molecule has 0 saturated carbocycles. The summed E-state index contributed by atoms with van der Waals surface area (Å²) in [4.78, 5) is 0. The predicted octanol–water partition coefficient (Wildman–Crippen LogP) is 5.22. The van der Waals surface area contributed by atoms with E-state index in [9.17, 15) is 0 Å². The van der Waals surface area contributed by atoms with Gasteiger partial charge in [0.1, 0.15) is 11.5 Å². The second-order valence-corrected chi connectivity index (χ2v) is 5.69. The molecule has 1 fully saturated rings. The van der Waals surface area contributed by atoms with E-state index in [4.69, 9.17) is 37.4 Å². The van der Waals surface area contributed by atoms with Crippen LogP contribution in [0.1, 0.15) is 18.8 Å². The summed E-state index contributed by atoms with van der Waals surface area (Å²) in [6.07, 6.45) is -0.326. The highest BCUT2D eigenvalue weighted by molar-refractivity contribution is 6.31. The molecule has 110 valence electrons. The minimum atomic E-state index is -0.405. The van der Waals surface area contributed by atoms with Gasteiger partial charge in [-0.1, -0.05) is 23.2 Å². The zero-order valence-electron chi connectivity index (χ0n) is 11.4. The first-order valence-electron chi connectivity index (χ1n) is 6.62. The van der Waals surface area contributed by atoms with Crippen molar-refractivity contribution in [1.82, 2.24) is 0 Å². The van der Waals surface area contributed by atoms with Gasteiger partial charge in [0.2, 0.25) is 0 Å². The fraction of sp³-hybridized carbons (Fsp3) is 0.250. The van der Waals surface area contributed by atoms with Gasteiger partial charge in [0.15, 0.2) is 6.29 Å².